The number of H-pyrrole nitrogens is 1. The molecule has 3 aliphatic rings. The summed E-state index contributed by atoms with van der Waals surface area (Å²) < 4.78 is 31.7. The molecule has 8 nitrogen and oxygen atoms in total. The Bertz CT molecular complexity index is 1340. The van der Waals surface area contributed by atoms with E-state index in [1.165, 1.54) is 13.2 Å². The van der Waals surface area contributed by atoms with Gasteiger partial charge in [0.25, 0.3) is 5.91 Å². The second-order valence-electron chi connectivity index (χ2n) is 10.3. The van der Waals surface area contributed by atoms with Crippen LogP contribution >= 0.6 is 0 Å². The molecule has 2 fully saturated rings. The first kappa shape index (κ1) is 22.8. The minimum Gasteiger partial charge on any atom is -0.492 e. The smallest absolute Gasteiger partial charge is 0.255 e. The molecule has 0 unspecified atom stereocenters. The van der Waals surface area contributed by atoms with Crippen molar-refractivity contribution >= 4 is 17.3 Å². The van der Waals surface area contributed by atoms with Crippen molar-refractivity contribution < 1.29 is 23.4 Å². The van der Waals surface area contributed by atoms with Crippen LogP contribution in [0.1, 0.15) is 48.7 Å². The average Bonchev–Trinajstić information content (AvgIpc) is 3.19. The molecule has 3 atom stereocenters. The molecule has 9 heteroatoms. The molecule has 0 spiro atoms. The van der Waals surface area contributed by atoms with Gasteiger partial charge >= 0.3 is 0 Å². The van der Waals surface area contributed by atoms with Gasteiger partial charge in [-0.05, 0) is 31.0 Å². The van der Waals surface area contributed by atoms with Crippen LogP contribution in [0.3, 0.4) is 0 Å². The zero-order valence-corrected chi connectivity index (χ0v) is 20.5. The van der Waals surface area contributed by atoms with Crippen molar-refractivity contribution in [2.24, 2.45) is 5.41 Å². The number of carbonyl (C=O) groups is 1. The minimum atomic E-state index is -0.493. The fourth-order valence-corrected chi connectivity index (χ4v) is 5.24. The van der Waals surface area contributed by atoms with Crippen molar-refractivity contribution in [2.45, 2.75) is 44.8 Å². The number of benzene rings is 1. The monoisotopic (exact) mass is 492 g/mol. The number of hydrogen-bond acceptors (Lipinski definition) is 6. The molecular formula is C27H29FN4O4. The lowest BCUT2D eigenvalue weighted by atomic mass is 9.74. The zero-order chi connectivity index (χ0) is 25.0. The van der Waals surface area contributed by atoms with E-state index in [2.05, 4.69) is 34.4 Å². The lowest BCUT2D eigenvalue weighted by Gasteiger charge is -2.43. The second kappa shape index (κ2) is 8.51. The number of methoxy groups -OCH3 is 1. The Hall–Kier alpha value is -3.59. The lowest BCUT2D eigenvalue weighted by Crippen LogP contribution is -2.50. The van der Waals surface area contributed by atoms with Gasteiger partial charge in [-0.1, -0.05) is 19.9 Å². The number of anilines is 2. The van der Waals surface area contributed by atoms with E-state index in [4.69, 9.17) is 14.2 Å². The van der Waals surface area contributed by atoms with E-state index >= 15 is 0 Å². The summed E-state index contributed by atoms with van der Waals surface area (Å²) in [6, 6.07) is 6.63. The average molecular weight is 493 g/mol. The minimum absolute atomic E-state index is 0.0157. The summed E-state index contributed by atoms with van der Waals surface area (Å²) in [5.41, 5.74) is 3.86. The largest absolute Gasteiger partial charge is 0.492 e. The third-order valence-corrected chi connectivity index (χ3v) is 7.62. The Morgan fingerprint density at radius 3 is 2.83 bits per heavy atom. The van der Waals surface area contributed by atoms with Crippen LogP contribution < -0.4 is 20.1 Å². The summed E-state index contributed by atoms with van der Waals surface area (Å²) in [7, 11) is 1.42. The number of aromatic amines is 1. The number of hydrogen-bond donors (Lipinski definition) is 3. The van der Waals surface area contributed by atoms with Crippen molar-refractivity contribution in [2.75, 3.05) is 25.6 Å². The highest BCUT2D eigenvalue weighted by molar-refractivity contribution is 6.07. The van der Waals surface area contributed by atoms with Crippen LogP contribution in [-0.2, 0) is 4.74 Å². The van der Waals surface area contributed by atoms with Crippen molar-refractivity contribution in [1.29, 1.82) is 0 Å². The summed E-state index contributed by atoms with van der Waals surface area (Å²) in [5, 5.41) is 6.42. The summed E-state index contributed by atoms with van der Waals surface area (Å²) in [6.45, 7) is 5.38. The Kier molecular flexibility index (Phi) is 5.40. The van der Waals surface area contributed by atoms with Crippen LogP contribution in [0.5, 0.6) is 11.5 Å². The third kappa shape index (κ3) is 3.61. The third-order valence-electron chi connectivity index (χ3n) is 7.62. The molecule has 6 rings (SSSR count). The number of ether oxygens (including phenoxy) is 3. The maximum Gasteiger partial charge on any atom is 0.255 e. The second-order valence-corrected chi connectivity index (χ2v) is 10.3. The molecule has 2 aliphatic heterocycles. The number of amides is 1. The number of aromatic nitrogens is 2. The molecule has 0 radical (unpaired) electrons. The van der Waals surface area contributed by atoms with E-state index in [0.717, 1.165) is 24.1 Å². The molecule has 1 saturated heterocycles. The molecule has 1 amide bonds. The molecule has 0 bridgehead atoms. The van der Waals surface area contributed by atoms with E-state index < -0.39 is 5.82 Å². The SMILES string of the molecule is COc1c(F)cccc1Nc1c(-c2ccncc2OC[C@@H]2OCC2(C)C)[nH]c2c1C(=O)N[C@@H]1CC[C@H]21. The van der Waals surface area contributed by atoms with Gasteiger partial charge in [-0.25, -0.2) is 4.39 Å². The quantitative estimate of drug-likeness (QED) is 0.440. The fraction of sp³-hybridized carbons (Fsp3) is 0.407. The van der Waals surface area contributed by atoms with E-state index in [0.29, 0.717) is 41.6 Å². The molecule has 4 heterocycles. The summed E-state index contributed by atoms with van der Waals surface area (Å²) >= 11 is 0. The van der Waals surface area contributed by atoms with E-state index in [9.17, 15) is 9.18 Å². The molecular weight excluding hydrogens is 463 g/mol. The van der Waals surface area contributed by atoms with E-state index in [1.54, 1.807) is 24.5 Å². The predicted molar refractivity (Wildman–Crippen MR) is 133 cm³/mol. The standard InChI is InChI=1S/C27H29FN4O4/c1-27(2)13-36-20(27)12-35-19-11-29-10-9-15(19)23-24(30-18-6-4-5-16(28)25(18)34-3)21-22(32-23)14-7-8-17(14)31-26(21)33/h4-6,9-11,14,17,20,30,32H,7-8,12-13H2,1-3H3,(H,31,33)/t14-,17+,20-/m0/s1. The van der Waals surface area contributed by atoms with Crippen molar-refractivity contribution in [3.8, 4) is 22.8 Å². The van der Waals surface area contributed by atoms with Gasteiger partial charge in [-0.2, -0.15) is 0 Å². The molecule has 3 N–H and O–H groups in total. The first-order chi connectivity index (χ1) is 17.4. The van der Waals surface area contributed by atoms with Crippen LogP contribution in [0.4, 0.5) is 15.8 Å². The Balaban J connectivity index is 1.44. The molecule has 3 aromatic rings. The molecule has 188 valence electrons. The maximum absolute atomic E-state index is 14.5. The van der Waals surface area contributed by atoms with Crippen LogP contribution in [0.15, 0.2) is 36.7 Å². The van der Waals surface area contributed by atoms with Crippen LogP contribution in [0, 0.1) is 11.2 Å². The van der Waals surface area contributed by atoms with Crippen LogP contribution in [0.25, 0.3) is 11.3 Å². The number of nitrogens with zero attached hydrogens (tertiary/aromatic N) is 1. The van der Waals surface area contributed by atoms with Gasteiger partial charge in [-0.15, -0.1) is 0 Å². The Labute approximate surface area is 208 Å². The molecule has 36 heavy (non-hydrogen) atoms. The van der Waals surface area contributed by atoms with Crippen molar-refractivity contribution in [3.63, 3.8) is 0 Å². The van der Waals surface area contributed by atoms with Gasteiger partial charge in [-0.3, -0.25) is 9.78 Å². The van der Waals surface area contributed by atoms with Crippen LogP contribution in [-0.4, -0.2) is 48.3 Å². The first-order valence-corrected chi connectivity index (χ1v) is 12.2. The molecule has 1 aliphatic carbocycles. The number of rotatable bonds is 7. The maximum atomic E-state index is 14.5. The highest BCUT2D eigenvalue weighted by Gasteiger charge is 2.44. The normalized spacial score (nSPS) is 23.4. The highest BCUT2D eigenvalue weighted by Crippen LogP contribution is 2.49. The number of fused-ring (bicyclic) bond motifs is 3. The van der Waals surface area contributed by atoms with E-state index in [-0.39, 0.29) is 35.1 Å². The van der Waals surface area contributed by atoms with Crippen molar-refractivity contribution in [1.82, 2.24) is 15.3 Å². The van der Waals surface area contributed by atoms with Crippen molar-refractivity contribution in [3.05, 3.63) is 53.7 Å². The lowest BCUT2D eigenvalue weighted by molar-refractivity contribution is -0.180. The number of halogens is 1. The first-order valence-electron chi connectivity index (χ1n) is 12.2. The number of para-hydroxylation sites is 1. The summed E-state index contributed by atoms with van der Waals surface area (Å²) in [5.74, 6) is 0.200. The number of carbonyl (C=O) groups excluding carboxylic acids is 1. The topological polar surface area (TPSA) is 97.5 Å². The van der Waals surface area contributed by atoms with Gasteiger partial charge in [0, 0.05) is 34.8 Å². The Morgan fingerprint density at radius 1 is 1.28 bits per heavy atom. The Morgan fingerprint density at radius 2 is 2.14 bits per heavy atom. The summed E-state index contributed by atoms with van der Waals surface area (Å²) in [4.78, 5) is 21.0. The van der Waals surface area contributed by atoms with Gasteiger partial charge in [0.1, 0.15) is 12.4 Å². The fourth-order valence-electron chi connectivity index (χ4n) is 5.24. The summed E-state index contributed by atoms with van der Waals surface area (Å²) in [6.07, 6.45) is 5.27. The van der Waals surface area contributed by atoms with Gasteiger partial charge < -0.3 is 29.8 Å². The van der Waals surface area contributed by atoms with Gasteiger partial charge in [0.2, 0.25) is 0 Å². The zero-order valence-electron chi connectivity index (χ0n) is 20.5. The van der Waals surface area contributed by atoms with Crippen LogP contribution in [0.2, 0.25) is 0 Å². The number of nitrogens with one attached hydrogen (secondary N) is 3. The molecule has 2 aromatic heterocycles. The molecule has 1 saturated carbocycles. The van der Waals surface area contributed by atoms with E-state index in [1.807, 2.05) is 6.07 Å². The predicted octanol–water partition coefficient (Wildman–Crippen LogP) is 4.76. The molecule has 1 aromatic carbocycles. The number of pyridine rings is 1. The highest BCUT2D eigenvalue weighted by atomic mass is 19.1. The van der Waals surface area contributed by atoms with Gasteiger partial charge in [0.05, 0.1) is 48.6 Å². The van der Waals surface area contributed by atoms with Gasteiger partial charge in [0.15, 0.2) is 11.6 Å².